The summed E-state index contributed by atoms with van der Waals surface area (Å²) in [6.45, 7) is 6.60. The monoisotopic (exact) mass is 410 g/mol. The van der Waals surface area contributed by atoms with Crippen molar-refractivity contribution in [3.05, 3.63) is 0 Å². The summed E-state index contributed by atoms with van der Waals surface area (Å²) in [6.07, 6.45) is 3.94. The summed E-state index contributed by atoms with van der Waals surface area (Å²) >= 11 is 0. The molecule has 2 atom stereocenters. The Morgan fingerprint density at radius 3 is 1.46 bits per heavy atom. The lowest BCUT2D eigenvalue weighted by Crippen LogP contribution is -2.21. The molecule has 0 aromatic rings. The third-order valence-corrected chi connectivity index (χ3v) is 5.39. The molecule has 0 aromatic heterocycles. The Morgan fingerprint density at radius 1 is 0.750 bits per heavy atom. The van der Waals surface area contributed by atoms with Crippen molar-refractivity contribution in [3.63, 3.8) is 0 Å². The van der Waals surface area contributed by atoms with Gasteiger partial charge >= 0.3 is 0 Å². The summed E-state index contributed by atoms with van der Waals surface area (Å²) in [4.78, 5) is 8.13. The molecule has 0 spiro atoms. The van der Waals surface area contributed by atoms with Crippen LogP contribution in [0.1, 0.15) is 32.1 Å². The normalized spacial score (nSPS) is 30.9. The number of alkyl halides is 3. The Morgan fingerprint density at radius 2 is 1.32 bits per heavy atom. The maximum Gasteiger partial charge on any atom is 0.261 e. The fraction of sp³-hybridized carbons (Fsp3) is 1.00. The van der Waals surface area contributed by atoms with Gasteiger partial charge in [-0.3, -0.25) is 0 Å². The molecule has 4 fully saturated rings. The molecule has 8 heteroatoms. The van der Waals surface area contributed by atoms with Gasteiger partial charge in [0, 0.05) is 39.1 Å². The summed E-state index contributed by atoms with van der Waals surface area (Å²) < 4.78 is 36.4. The van der Waals surface area contributed by atoms with Crippen LogP contribution in [-0.2, 0) is 0 Å². The van der Waals surface area contributed by atoms with Gasteiger partial charge in [-0.1, -0.05) is 0 Å². The number of likely N-dealkylation sites (N-methyl/N-ethyl adjacent to an activating group) is 1. The minimum Gasteiger partial charge on any atom is -0.392 e. The number of hydrogen-bond donors (Lipinski definition) is 1. The molecule has 0 saturated carbocycles. The van der Waals surface area contributed by atoms with E-state index in [0.29, 0.717) is 13.1 Å². The minimum atomic E-state index is -2.41. The van der Waals surface area contributed by atoms with E-state index in [0.717, 1.165) is 32.5 Å². The maximum absolute atomic E-state index is 12.2. The van der Waals surface area contributed by atoms with Crippen LogP contribution in [0, 0.1) is 0 Å². The van der Waals surface area contributed by atoms with Gasteiger partial charge in [-0.05, 0) is 67.0 Å². The Kier molecular flexibility index (Phi) is 11.9. The fourth-order valence-electron chi connectivity index (χ4n) is 3.58. The number of nitrogens with zero attached hydrogens (tertiary/aromatic N) is 4. The van der Waals surface area contributed by atoms with Gasteiger partial charge in [0.2, 0.25) is 0 Å². The van der Waals surface area contributed by atoms with E-state index in [1.807, 2.05) is 19.0 Å². The summed E-state index contributed by atoms with van der Waals surface area (Å²) in [7, 11) is 7.85. The molecule has 28 heavy (non-hydrogen) atoms. The number of likely N-dealkylation sites (tertiary alicyclic amines) is 4. The predicted molar refractivity (Wildman–Crippen MR) is 109 cm³/mol. The number of aliphatic hydroxyl groups excluding tert-OH is 1. The highest BCUT2D eigenvalue weighted by molar-refractivity contribution is 4.78. The molecule has 0 aromatic carbocycles. The molecular weight excluding hydrogens is 369 g/mol. The largest absolute Gasteiger partial charge is 0.392 e. The lowest BCUT2D eigenvalue weighted by Gasteiger charge is -2.06. The van der Waals surface area contributed by atoms with Gasteiger partial charge in [0.1, 0.15) is 6.17 Å². The molecule has 4 heterocycles. The van der Waals surface area contributed by atoms with Crippen LogP contribution in [-0.4, -0.2) is 123 Å². The van der Waals surface area contributed by atoms with Gasteiger partial charge in [0.05, 0.1) is 12.6 Å². The molecule has 4 aliphatic rings. The first-order chi connectivity index (χ1) is 13.1. The molecule has 0 bridgehead atoms. The van der Waals surface area contributed by atoms with Crippen LogP contribution in [0.2, 0.25) is 0 Å². The van der Waals surface area contributed by atoms with Crippen molar-refractivity contribution in [1.82, 2.24) is 19.6 Å². The van der Waals surface area contributed by atoms with E-state index in [2.05, 4.69) is 16.8 Å². The van der Waals surface area contributed by atoms with E-state index >= 15 is 0 Å². The van der Waals surface area contributed by atoms with Crippen LogP contribution in [0.25, 0.3) is 0 Å². The molecule has 4 aliphatic heterocycles. The lowest BCUT2D eigenvalue weighted by atomic mass is 10.3. The molecule has 0 aliphatic carbocycles. The van der Waals surface area contributed by atoms with Crippen LogP contribution in [0.3, 0.4) is 0 Å². The molecular formula is C20H41F3N4O. The Labute approximate surface area is 169 Å². The fourth-order valence-corrected chi connectivity index (χ4v) is 3.58. The van der Waals surface area contributed by atoms with Crippen molar-refractivity contribution in [2.45, 2.75) is 50.3 Å². The SMILES string of the molecule is CN1CCC(F)(F)C1.CN1CCC(F)C1.CN1CCC(O)C1.CN1CCCC1. The van der Waals surface area contributed by atoms with Crippen LogP contribution in [0.5, 0.6) is 0 Å². The van der Waals surface area contributed by atoms with E-state index in [9.17, 15) is 13.2 Å². The zero-order valence-corrected chi connectivity index (χ0v) is 18.2. The average molecular weight is 411 g/mol. The van der Waals surface area contributed by atoms with Crippen LogP contribution in [0.15, 0.2) is 0 Å². The number of hydrogen-bond acceptors (Lipinski definition) is 5. The van der Waals surface area contributed by atoms with E-state index in [-0.39, 0.29) is 19.1 Å². The van der Waals surface area contributed by atoms with Gasteiger partial charge in [0.15, 0.2) is 0 Å². The van der Waals surface area contributed by atoms with E-state index in [1.165, 1.54) is 25.9 Å². The van der Waals surface area contributed by atoms with E-state index < -0.39 is 12.1 Å². The third kappa shape index (κ3) is 12.2. The minimum absolute atomic E-state index is 0.0312. The zero-order valence-electron chi connectivity index (χ0n) is 18.2. The van der Waals surface area contributed by atoms with Crippen molar-refractivity contribution in [2.24, 2.45) is 0 Å². The van der Waals surface area contributed by atoms with Crippen molar-refractivity contribution >= 4 is 0 Å². The standard InChI is InChI=1S/C5H9F2N.C5H10FN.C5H11NO.C5H11N/c1-8-3-2-5(6,7)4-8;1-7-3-2-5(6)4-7;1-6-3-2-5(7)4-6;1-6-4-2-3-5-6/h2-4H2,1H3;5H,2-4H2,1H3;5,7H,2-4H2,1H3;2-5H2,1H3. The molecule has 0 radical (unpaired) electrons. The Bertz CT molecular complexity index is 377. The molecule has 0 amide bonds. The third-order valence-electron chi connectivity index (χ3n) is 5.39. The molecule has 168 valence electrons. The van der Waals surface area contributed by atoms with Crippen molar-refractivity contribution in [2.75, 3.05) is 80.5 Å². The van der Waals surface area contributed by atoms with Gasteiger partial charge in [-0.25, -0.2) is 13.2 Å². The number of β-amino-alcohol motifs (C(OH)–C–C–N with tert-alkyl or cyclic N) is 1. The summed E-state index contributed by atoms with van der Waals surface area (Å²) in [5.74, 6) is -2.41. The Balaban J connectivity index is 0.000000188. The molecule has 2 unspecified atom stereocenters. The first-order valence-electron chi connectivity index (χ1n) is 10.5. The quantitative estimate of drug-likeness (QED) is 0.661. The van der Waals surface area contributed by atoms with Crippen LogP contribution < -0.4 is 0 Å². The van der Waals surface area contributed by atoms with Crippen molar-refractivity contribution in [3.8, 4) is 0 Å². The van der Waals surface area contributed by atoms with E-state index in [1.54, 1.807) is 11.9 Å². The highest BCUT2D eigenvalue weighted by Gasteiger charge is 2.36. The molecule has 4 saturated heterocycles. The first-order valence-corrected chi connectivity index (χ1v) is 10.5. The highest BCUT2D eigenvalue weighted by atomic mass is 19.3. The predicted octanol–water partition coefficient (Wildman–Crippen LogP) is 2.01. The second-order valence-corrected chi connectivity index (χ2v) is 8.71. The molecule has 1 N–H and O–H groups in total. The summed E-state index contributed by atoms with van der Waals surface area (Å²) in [6, 6.07) is 0. The molecule has 5 nitrogen and oxygen atoms in total. The molecule has 4 rings (SSSR count). The van der Waals surface area contributed by atoms with Crippen LogP contribution >= 0.6 is 0 Å². The van der Waals surface area contributed by atoms with Gasteiger partial charge in [-0.2, -0.15) is 0 Å². The second kappa shape index (κ2) is 13.0. The summed E-state index contributed by atoms with van der Waals surface area (Å²) in [5, 5.41) is 8.86. The van der Waals surface area contributed by atoms with Gasteiger partial charge in [-0.15, -0.1) is 0 Å². The van der Waals surface area contributed by atoms with Crippen LogP contribution in [0.4, 0.5) is 13.2 Å². The smallest absolute Gasteiger partial charge is 0.261 e. The lowest BCUT2D eigenvalue weighted by molar-refractivity contribution is 0.0146. The number of halogens is 3. The second-order valence-electron chi connectivity index (χ2n) is 8.71. The maximum atomic E-state index is 12.2. The Hall–Kier alpha value is -0.410. The first kappa shape index (κ1) is 25.6. The van der Waals surface area contributed by atoms with Gasteiger partial charge < -0.3 is 24.7 Å². The van der Waals surface area contributed by atoms with Gasteiger partial charge in [0.25, 0.3) is 5.92 Å². The highest BCUT2D eigenvalue weighted by Crippen LogP contribution is 2.24. The number of aliphatic hydroxyl groups is 1. The van der Waals surface area contributed by atoms with Crippen molar-refractivity contribution in [1.29, 1.82) is 0 Å². The van der Waals surface area contributed by atoms with Crippen molar-refractivity contribution < 1.29 is 18.3 Å². The average Bonchev–Trinajstić information content (AvgIpc) is 3.36. The van der Waals surface area contributed by atoms with E-state index in [4.69, 9.17) is 5.11 Å². The summed E-state index contributed by atoms with van der Waals surface area (Å²) in [5.41, 5.74) is 0. The number of rotatable bonds is 0. The topological polar surface area (TPSA) is 33.2 Å². The zero-order chi connectivity index (χ0) is 21.2.